The van der Waals surface area contributed by atoms with Gasteiger partial charge in [-0.15, -0.1) is 0 Å². The van der Waals surface area contributed by atoms with Crippen LogP contribution in [-0.2, 0) is 4.79 Å². The molecule has 1 N–H and O–H groups in total. The Morgan fingerprint density at radius 3 is 2.70 bits per heavy atom. The standard InChI is InChI=1S/C23H25N5OS/c1-5-6-11-20-26-28-21(24)18(22(29)25-23(28)30-20)13-17-12-15(3)27(16(17)4)19-10-8-7-9-14(19)2/h7-10,12-13,24H,5-6,11H2,1-4H3. The highest BCUT2D eigenvalue weighted by molar-refractivity contribution is 8.26. The minimum atomic E-state index is -0.383. The van der Waals surface area contributed by atoms with Crippen molar-refractivity contribution in [2.45, 2.75) is 47.0 Å². The summed E-state index contributed by atoms with van der Waals surface area (Å²) in [6, 6.07) is 10.3. The number of nitrogens with one attached hydrogen (secondary N) is 1. The van der Waals surface area contributed by atoms with E-state index in [0.717, 1.165) is 46.9 Å². The Morgan fingerprint density at radius 1 is 1.20 bits per heavy atom. The summed E-state index contributed by atoms with van der Waals surface area (Å²) in [4.78, 5) is 16.9. The zero-order valence-corrected chi connectivity index (χ0v) is 18.5. The Bertz CT molecular complexity index is 1140. The number of aliphatic imine (C=N–C) groups is 1. The van der Waals surface area contributed by atoms with Gasteiger partial charge < -0.3 is 4.57 Å². The normalized spacial score (nSPS) is 17.5. The maximum Gasteiger partial charge on any atom is 0.283 e. The van der Waals surface area contributed by atoms with Crippen LogP contribution in [0.1, 0.15) is 48.7 Å². The fourth-order valence-electron chi connectivity index (χ4n) is 3.74. The van der Waals surface area contributed by atoms with Crippen molar-refractivity contribution in [3.8, 4) is 5.69 Å². The number of fused-ring (bicyclic) bond motifs is 1. The second kappa shape index (κ2) is 8.07. The fourth-order valence-corrected chi connectivity index (χ4v) is 4.66. The van der Waals surface area contributed by atoms with E-state index >= 15 is 0 Å². The molecule has 1 aromatic carbocycles. The van der Waals surface area contributed by atoms with Crippen LogP contribution in [0.3, 0.4) is 0 Å². The Balaban J connectivity index is 1.70. The van der Waals surface area contributed by atoms with Gasteiger partial charge in [0.05, 0.1) is 5.57 Å². The molecule has 0 spiro atoms. The highest BCUT2D eigenvalue weighted by atomic mass is 32.2. The second-order valence-corrected chi connectivity index (χ2v) is 8.61. The first-order valence-corrected chi connectivity index (χ1v) is 11.0. The molecular formula is C23H25N5OS. The van der Waals surface area contributed by atoms with Gasteiger partial charge in [0.15, 0.2) is 5.84 Å². The molecule has 6 nitrogen and oxygen atoms in total. The van der Waals surface area contributed by atoms with E-state index in [0.29, 0.717) is 5.17 Å². The highest BCUT2D eigenvalue weighted by Gasteiger charge is 2.35. The third-order valence-corrected chi connectivity index (χ3v) is 6.34. The maximum atomic E-state index is 12.7. The van der Waals surface area contributed by atoms with E-state index in [-0.39, 0.29) is 17.3 Å². The van der Waals surface area contributed by atoms with Crippen LogP contribution in [0.2, 0.25) is 0 Å². The van der Waals surface area contributed by atoms with Crippen LogP contribution in [0.4, 0.5) is 0 Å². The van der Waals surface area contributed by atoms with Crippen LogP contribution in [0.25, 0.3) is 11.8 Å². The first-order chi connectivity index (χ1) is 14.4. The number of aromatic nitrogens is 1. The number of amidine groups is 2. The van der Waals surface area contributed by atoms with Gasteiger partial charge in [-0.2, -0.15) is 15.1 Å². The van der Waals surface area contributed by atoms with Gasteiger partial charge in [-0.3, -0.25) is 10.2 Å². The van der Waals surface area contributed by atoms with E-state index in [2.05, 4.69) is 40.6 Å². The van der Waals surface area contributed by atoms with Crippen molar-refractivity contribution < 1.29 is 4.79 Å². The molecule has 2 aromatic rings. The molecule has 0 fully saturated rings. The number of unbranched alkanes of at least 4 members (excludes halogenated alkanes) is 1. The summed E-state index contributed by atoms with van der Waals surface area (Å²) in [6.45, 7) is 8.30. The highest BCUT2D eigenvalue weighted by Crippen LogP contribution is 2.31. The number of hydrogen-bond donors (Lipinski definition) is 1. The molecular weight excluding hydrogens is 394 g/mol. The third kappa shape index (κ3) is 3.54. The van der Waals surface area contributed by atoms with Crippen molar-refractivity contribution >= 4 is 39.8 Å². The molecule has 2 aliphatic rings. The van der Waals surface area contributed by atoms with Gasteiger partial charge in [-0.1, -0.05) is 31.5 Å². The van der Waals surface area contributed by atoms with Crippen LogP contribution in [-0.4, -0.2) is 31.5 Å². The number of nitrogens with zero attached hydrogens (tertiary/aromatic N) is 4. The average Bonchev–Trinajstić information content (AvgIpc) is 3.24. The number of aryl methyl sites for hydroxylation is 2. The molecule has 0 bridgehead atoms. The van der Waals surface area contributed by atoms with Crippen molar-refractivity contribution in [3.63, 3.8) is 0 Å². The van der Waals surface area contributed by atoms with Gasteiger partial charge in [-0.25, -0.2) is 0 Å². The van der Waals surface area contributed by atoms with Crippen molar-refractivity contribution in [3.05, 3.63) is 58.4 Å². The van der Waals surface area contributed by atoms with E-state index in [1.807, 2.05) is 32.0 Å². The third-order valence-electron chi connectivity index (χ3n) is 5.37. The summed E-state index contributed by atoms with van der Waals surface area (Å²) in [5.74, 6) is -0.295. The number of hydrogen-bond acceptors (Lipinski definition) is 4. The smallest absolute Gasteiger partial charge is 0.283 e. The zero-order valence-electron chi connectivity index (χ0n) is 17.7. The Kier molecular flexibility index (Phi) is 5.47. The molecule has 0 saturated carbocycles. The minimum Gasteiger partial charge on any atom is -0.318 e. The monoisotopic (exact) mass is 419 g/mol. The number of carbonyl (C=O) groups is 1. The first kappa shape index (κ1) is 20.3. The topological polar surface area (TPSA) is 73.8 Å². The van der Waals surface area contributed by atoms with Gasteiger partial charge in [0, 0.05) is 17.1 Å². The van der Waals surface area contributed by atoms with Gasteiger partial charge in [0.1, 0.15) is 5.04 Å². The van der Waals surface area contributed by atoms with Crippen LogP contribution in [0.5, 0.6) is 0 Å². The predicted octanol–water partition coefficient (Wildman–Crippen LogP) is 5.21. The van der Waals surface area contributed by atoms with E-state index in [9.17, 15) is 4.79 Å². The molecule has 0 saturated heterocycles. The summed E-state index contributed by atoms with van der Waals surface area (Å²) in [6.07, 6.45) is 4.72. The Hall–Kier alpha value is -2.93. The number of rotatable bonds is 5. The van der Waals surface area contributed by atoms with Gasteiger partial charge in [0.25, 0.3) is 5.91 Å². The van der Waals surface area contributed by atoms with Crippen molar-refractivity contribution in [2.24, 2.45) is 10.1 Å². The quantitative estimate of drug-likeness (QED) is 0.676. The lowest BCUT2D eigenvalue weighted by Crippen LogP contribution is -2.35. The molecule has 0 radical (unpaired) electrons. The van der Waals surface area contributed by atoms with E-state index in [1.54, 1.807) is 6.08 Å². The second-order valence-electron chi connectivity index (χ2n) is 7.57. The number of carbonyl (C=O) groups excluding carboxylic acids is 1. The fraction of sp³-hybridized carbons (Fsp3) is 0.304. The maximum absolute atomic E-state index is 12.7. The van der Waals surface area contributed by atoms with Crippen LogP contribution < -0.4 is 0 Å². The molecule has 3 heterocycles. The number of hydrazone groups is 1. The molecule has 1 aromatic heterocycles. The zero-order chi connectivity index (χ0) is 21.4. The molecule has 0 atom stereocenters. The summed E-state index contributed by atoms with van der Waals surface area (Å²) >= 11 is 1.39. The van der Waals surface area contributed by atoms with Crippen molar-refractivity contribution in [1.82, 2.24) is 9.58 Å². The summed E-state index contributed by atoms with van der Waals surface area (Å²) in [5.41, 5.74) is 5.56. The van der Waals surface area contributed by atoms with Gasteiger partial charge in [-0.05, 0) is 74.7 Å². The number of benzene rings is 1. The summed E-state index contributed by atoms with van der Waals surface area (Å²) in [7, 11) is 0. The molecule has 154 valence electrons. The predicted molar refractivity (Wildman–Crippen MR) is 125 cm³/mol. The van der Waals surface area contributed by atoms with E-state index in [4.69, 9.17) is 5.41 Å². The van der Waals surface area contributed by atoms with Crippen LogP contribution in [0.15, 0.2) is 46.0 Å². The number of thioether (sulfide) groups is 1. The minimum absolute atomic E-state index is 0.0877. The van der Waals surface area contributed by atoms with E-state index in [1.165, 1.54) is 22.3 Å². The van der Waals surface area contributed by atoms with Crippen LogP contribution in [0, 0.1) is 26.2 Å². The van der Waals surface area contributed by atoms with Gasteiger partial charge in [0.2, 0.25) is 5.17 Å². The average molecular weight is 420 g/mol. The molecule has 1 amide bonds. The number of amides is 1. The molecule has 0 aliphatic carbocycles. The summed E-state index contributed by atoms with van der Waals surface area (Å²) < 4.78 is 2.18. The lowest BCUT2D eigenvalue weighted by molar-refractivity contribution is -0.114. The lowest BCUT2D eigenvalue weighted by Gasteiger charge is -2.20. The summed E-state index contributed by atoms with van der Waals surface area (Å²) in [5, 5.41) is 16.0. The van der Waals surface area contributed by atoms with Crippen molar-refractivity contribution in [2.75, 3.05) is 0 Å². The Morgan fingerprint density at radius 2 is 1.97 bits per heavy atom. The largest absolute Gasteiger partial charge is 0.318 e. The lowest BCUT2D eigenvalue weighted by atomic mass is 10.1. The molecule has 30 heavy (non-hydrogen) atoms. The molecule has 4 rings (SSSR count). The Labute approximate surface area is 180 Å². The van der Waals surface area contributed by atoms with Gasteiger partial charge >= 0.3 is 0 Å². The van der Waals surface area contributed by atoms with Crippen molar-refractivity contribution in [1.29, 1.82) is 5.41 Å². The SMILES string of the molecule is CCCCC1=NN2C(=N)C(=Cc3cc(C)n(-c4ccccc4C)c3C)C(=O)N=C2S1. The number of para-hydroxylation sites is 1. The molecule has 0 unspecified atom stereocenters. The molecule has 2 aliphatic heterocycles. The van der Waals surface area contributed by atoms with E-state index < -0.39 is 0 Å². The van der Waals surface area contributed by atoms with Crippen LogP contribution >= 0.6 is 11.8 Å². The molecule has 7 heteroatoms. The first-order valence-electron chi connectivity index (χ1n) is 10.1.